The van der Waals surface area contributed by atoms with Crippen LogP contribution in [0.2, 0.25) is 5.02 Å². The van der Waals surface area contributed by atoms with Crippen LogP contribution in [0.4, 0.5) is 0 Å². The van der Waals surface area contributed by atoms with Crippen molar-refractivity contribution in [1.82, 2.24) is 14.8 Å². The number of aromatic amines is 1. The van der Waals surface area contributed by atoms with Crippen molar-refractivity contribution < 1.29 is 9.53 Å². The van der Waals surface area contributed by atoms with Gasteiger partial charge in [-0.25, -0.2) is 9.59 Å². The van der Waals surface area contributed by atoms with Crippen LogP contribution in [0.25, 0.3) is 5.69 Å². The second-order valence-electron chi connectivity index (χ2n) is 3.84. The van der Waals surface area contributed by atoms with Gasteiger partial charge < -0.3 is 4.74 Å². The summed E-state index contributed by atoms with van der Waals surface area (Å²) >= 11 is 5.99. The van der Waals surface area contributed by atoms with Crippen molar-refractivity contribution in [1.29, 1.82) is 0 Å². The zero-order valence-corrected chi connectivity index (χ0v) is 11.2. The molecule has 19 heavy (non-hydrogen) atoms. The number of H-pyrrole nitrogens is 1. The number of hydrogen-bond acceptors (Lipinski definition) is 4. The molecule has 7 heteroatoms. The maximum atomic E-state index is 11.7. The minimum atomic E-state index is -0.670. The fourth-order valence-electron chi connectivity index (χ4n) is 1.50. The van der Waals surface area contributed by atoms with Crippen LogP contribution in [-0.4, -0.2) is 27.3 Å². The van der Waals surface area contributed by atoms with Crippen LogP contribution in [0, 0.1) is 6.92 Å². The Morgan fingerprint density at radius 3 is 2.89 bits per heavy atom. The fraction of sp³-hybridized carbons (Fsp3) is 0.250. The Hall–Kier alpha value is -2.08. The Kier molecular flexibility index (Phi) is 3.71. The number of rotatable bonds is 3. The number of hydrogen-bond donors (Lipinski definition) is 1. The van der Waals surface area contributed by atoms with E-state index < -0.39 is 11.7 Å². The average Bonchev–Trinajstić information content (AvgIpc) is 2.75. The first-order valence-electron chi connectivity index (χ1n) is 5.66. The van der Waals surface area contributed by atoms with Gasteiger partial charge in [-0.05, 0) is 31.5 Å². The van der Waals surface area contributed by atoms with Crippen molar-refractivity contribution in [3.63, 3.8) is 0 Å². The molecule has 0 saturated carbocycles. The Labute approximate surface area is 114 Å². The van der Waals surface area contributed by atoms with Crippen molar-refractivity contribution in [2.75, 3.05) is 6.61 Å². The molecular weight excluding hydrogens is 270 g/mol. The standard InChI is InChI=1S/C12H12ClN3O3/c1-3-19-11(17)10-14-12(18)16(15-10)8-5-4-7(2)9(13)6-8/h4-6H,3H2,1-2H3,(H,14,15,18). The Bertz CT molecular complexity index is 675. The van der Waals surface area contributed by atoms with E-state index in [1.54, 1.807) is 25.1 Å². The predicted molar refractivity (Wildman–Crippen MR) is 69.9 cm³/mol. The molecule has 0 unspecified atom stereocenters. The van der Waals surface area contributed by atoms with Gasteiger partial charge in [0.2, 0.25) is 5.82 Å². The third-order valence-corrected chi connectivity index (χ3v) is 2.89. The summed E-state index contributed by atoms with van der Waals surface area (Å²) in [4.78, 5) is 25.5. The molecule has 0 saturated heterocycles. The normalized spacial score (nSPS) is 10.5. The molecule has 0 spiro atoms. The molecular formula is C12H12ClN3O3. The van der Waals surface area contributed by atoms with Crippen molar-refractivity contribution in [2.24, 2.45) is 0 Å². The number of carbonyl (C=O) groups excluding carboxylic acids is 1. The van der Waals surface area contributed by atoms with E-state index >= 15 is 0 Å². The van der Waals surface area contributed by atoms with E-state index in [1.807, 2.05) is 6.92 Å². The Morgan fingerprint density at radius 1 is 1.53 bits per heavy atom. The second-order valence-corrected chi connectivity index (χ2v) is 4.25. The molecule has 2 aromatic rings. The average molecular weight is 282 g/mol. The summed E-state index contributed by atoms with van der Waals surface area (Å²) in [6.45, 7) is 3.74. The van der Waals surface area contributed by atoms with Crippen LogP contribution in [0.3, 0.4) is 0 Å². The molecule has 0 aliphatic heterocycles. The minimum absolute atomic E-state index is 0.136. The van der Waals surface area contributed by atoms with Crippen LogP contribution in [0.1, 0.15) is 23.1 Å². The predicted octanol–water partition coefficient (Wildman–Crippen LogP) is 1.70. The van der Waals surface area contributed by atoms with Gasteiger partial charge in [0.1, 0.15) is 0 Å². The maximum Gasteiger partial charge on any atom is 0.376 e. The van der Waals surface area contributed by atoms with Crippen molar-refractivity contribution in [2.45, 2.75) is 13.8 Å². The monoisotopic (exact) mass is 281 g/mol. The Balaban J connectivity index is 2.43. The van der Waals surface area contributed by atoms with E-state index in [1.165, 1.54) is 0 Å². The largest absolute Gasteiger partial charge is 0.460 e. The van der Waals surface area contributed by atoms with Gasteiger partial charge in [-0.3, -0.25) is 4.98 Å². The lowest BCUT2D eigenvalue weighted by Crippen LogP contribution is -2.15. The summed E-state index contributed by atoms with van der Waals surface area (Å²) in [5.74, 6) is -0.805. The molecule has 6 nitrogen and oxygen atoms in total. The van der Waals surface area contributed by atoms with E-state index in [-0.39, 0.29) is 12.4 Å². The highest BCUT2D eigenvalue weighted by Crippen LogP contribution is 2.18. The van der Waals surface area contributed by atoms with Gasteiger partial charge in [0.15, 0.2) is 0 Å². The summed E-state index contributed by atoms with van der Waals surface area (Å²) in [5.41, 5.74) is 0.843. The molecule has 1 heterocycles. The molecule has 0 bridgehead atoms. The first kappa shape index (κ1) is 13.4. The van der Waals surface area contributed by atoms with Gasteiger partial charge in [0, 0.05) is 5.02 Å². The van der Waals surface area contributed by atoms with Crippen molar-refractivity contribution in [3.8, 4) is 5.69 Å². The highest BCUT2D eigenvalue weighted by atomic mass is 35.5. The molecule has 0 atom stereocenters. The molecule has 0 fully saturated rings. The Morgan fingerprint density at radius 2 is 2.26 bits per heavy atom. The molecule has 1 N–H and O–H groups in total. The lowest BCUT2D eigenvalue weighted by Gasteiger charge is -2.02. The second kappa shape index (κ2) is 5.27. The van der Waals surface area contributed by atoms with Crippen LogP contribution in [0.5, 0.6) is 0 Å². The van der Waals surface area contributed by atoms with Gasteiger partial charge >= 0.3 is 11.7 Å². The molecule has 1 aromatic heterocycles. The van der Waals surface area contributed by atoms with E-state index in [0.29, 0.717) is 10.7 Å². The highest BCUT2D eigenvalue weighted by molar-refractivity contribution is 6.31. The lowest BCUT2D eigenvalue weighted by atomic mass is 10.2. The lowest BCUT2D eigenvalue weighted by molar-refractivity contribution is 0.0512. The molecule has 0 aliphatic rings. The van der Waals surface area contributed by atoms with E-state index in [0.717, 1.165) is 10.2 Å². The smallest absolute Gasteiger partial charge is 0.376 e. The van der Waals surface area contributed by atoms with E-state index in [9.17, 15) is 9.59 Å². The van der Waals surface area contributed by atoms with Gasteiger partial charge in [-0.1, -0.05) is 17.7 Å². The zero-order chi connectivity index (χ0) is 14.0. The number of nitrogens with zero attached hydrogens (tertiary/aromatic N) is 2. The maximum absolute atomic E-state index is 11.7. The van der Waals surface area contributed by atoms with E-state index in [2.05, 4.69) is 10.1 Å². The minimum Gasteiger partial charge on any atom is -0.460 e. The number of aromatic nitrogens is 3. The molecule has 2 rings (SSSR count). The summed E-state index contributed by atoms with van der Waals surface area (Å²) < 4.78 is 5.83. The topological polar surface area (TPSA) is 77.0 Å². The van der Waals surface area contributed by atoms with Gasteiger partial charge in [0.05, 0.1) is 12.3 Å². The van der Waals surface area contributed by atoms with Gasteiger partial charge in [-0.15, -0.1) is 5.10 Å². The molecule has 1 aromatic carbocycles. The molecule has 0 radical (unpaired) electrons. The van der Waals surface area contributed by atoms with Crippen molar-refractivity contribution >= 4 is 17.6 Å². The van der Waals surface area contributed by atoms with Crippen LogP contribution in [0.15, 0.2) is 23.0 Å². The van der Waals surface area contributed by atoms with Gasteiger partial charge in [-0.2, -0.15) is 4.68 Å². The van der Waals surface area contributed by atoms with Crippen molar-refractivity contribution in [3.05, 3.63) is 45.1 Å². The number of carbonyl (C=O) groups is 1. The van der Waals surface area contributed by atoms with Crippen LogP contribution in [-0.2, 0) is 4.74 Å². The van der Waals surface area contributed by atoms with E-state index in [4.69, 9.17) is 16.3 Å². The quantitative estimate of drug-likeness (QED) is 0.869. The number of nitrogens with one attached hydrogen (secondary N) is 1. The number of ether oxygens (including phenoxy) is 1. The number of benzene rings is 1. The highest BCUT2D eigenvalue weighted by Gasteiger charge is 2.15. The summed E-state index contributed by atoms with van der Waals surface area (Å²) in [6, 6.07) is 5.06. The first-order chi connectivity index (χ1) is 9.02. The molecule has 0 amide bonds. The van der Waals surface area contributed by atoms with Crippen LogP contribution >= 0.6 is 11.6 Å². The van der Waals surface area contributed by atoms with Gasteiger partial charge in [0.25, 0.3) is 0 Å². The third kappa shape index (κ3) is 2.68. The first-order valence-corrected chi connectivity index (χ1v) is 6.03. The SMILES string of the molecule is CCOC(=O)c1nn(-c2ccc(C)c(Cl)c2)c(=O)[nH]1. The summed E-state index contributed by atoms with van der Waals surface area (Å²) in [5, 5.41) is 4.40. The van der Waals surface area contributed by atoms with Crippen LogP contribution < -0.4 is 5.69 Å². The number of aryl methyl sites for hydroxylation is 1. The number of esters is 1. The fourth-order valence-corrected chi connectivity index (χ4v) is 1.68. The molecule has 0 aliphatic carbocycles. The number of halogens is 1. The zero-order valence-electron chi connectivity index (χ0n) is 10.4. The third-order valence-electron chi connectivity index (χ3n) is 2.49. The summed E-state index contributed by atoms with van der Waals surface area (Å²) in [6.07, 6.45) is 0. The molecule has 100 valence electrons. The summed E-state index contributed by atoms with van der Waals surface area (Å²) in [7, 11) is 0.